The third-order valence-electron chi connectivity index (χ3n) is 3.36. The first-order valence-corrected chi connectivity index (χ1v) is 10.6. The molecule has 0 aliphatic heterocycles. The molecule has 2 rings (SSSR count). The van der Waals surface area contributed by atoms with Gasteiger partial charge in [-0.15, -0.1) is 0 Å². The van der Waals surface area contributed by atoms with Gasteiger partial charge in [-0.1, -0.05) is 19.1 Å². The number of carbonyl (C=O) groups is 1. The highest BCUT2D eigenvalue weighted by molar-refractivity contribution is 7.98. The second kappa shape index (κ2) is 8.92. The van der Waals surface area contributed by atoms with Crippen LogP contribution in [0.1, 0.15) is 29.8 Å². The molecule has 0 radical (unpaired) electrons. The summed E-state index contributed by atoms with van der Waals surface area (Å²) in [5, 5.41) is 0. The molecule has 25 heavy (non-hydrogen) atoms. The van der Waals surface area contributed by atoms with Gasteiger partial charge in [0.1, 0.15) is 5.75 Å². The number of ether oxygens (including phenoxy) is 1. The van der Waals surface area contributed by atoms with Gasteiger partial charge in [-0.25, -0.2) is 13.1 Å². The minimum Gasteiger partial charge on any atom is -0.494 e. The lowest BCUT2D eigenvalue weighted by Crippen LogP contribution is -2.30. The van der Waals surface area contributed by atoms with Crippen molar-refractivity contribution in [3.8, 4) is 5.75 Å². The second-order valence-corrected chi connectivity index (χ2v) is 8.13. The molecule has 7 heteroatoms. The van der Waals surface area contributed by atoms with E-state index in [-0.39, 0.29) is 4.90 Å². The summed E-state index contributed by atoms with van der Waals surface area (Å²) in [6.07, 6.45) is 0. The van der Waals surface area contributed by atoms with Gasteiger partial charge < -0.3 is 4.74 Å². The maximum atomic E-state index is 12.3. The lowest BCUT2D eigenvalue weighted by Gasteiger charge is -2.09. The molecule has 1 amide bonds. The summed E-state index contributed by atoms with van der Waals surface area (Å²) in [6.45, 7) is 4.42. The highest BCUT2D eigenvalue weighted by Crippen LogP contribution is 2.17. The number of thioether (sulfide) groups is 1. The van der Waals surface area contributed by atoms with Crippen LogP contribution in [-0.4, -0.2) is 26.7 Å². The zero-order valence-corrected chi connectivity index (χ0v) is 15.8. The fourth-order valence-electron chi connectivity index (χ4n) is 2.09. The van der Waals surface area contributed by atoms with Gasteiger partial charge >= 0.3 is 0 Å². The van der Waals surface area contributed by atoms with E-state index in [9.17, 15) is 13.2 Å². The van der Waals surface area contributed by atoms with Gasteiger partial charge in [0, 0.05) is 11.3 Å². The third kappa shape index (κ3) is 5.51. The number of nitrogens with one attached hydrogen (secondary N) is 1. The molecule has 0 saturated heterocycles. The summed E-state index contributed by atoms with van der Waals surface area (Å²) in [7, 11) is -3.92. The molecule has 0 saturated carbocycles. The maximum Gasteiger partial charge on any atom is 0.264 e. The fraction of sp³-hybridized carbons (Fsp3) is 0.278. The average Bonchev–Trinajstić information content (AvgIpc) is 2.61. The van der Waals surface area contributed by atoms with E-state index < -0.39 is 15.9 Å². The van der Waals surface area contributed by atoms with Crippen molar-refractivity contribution in [3.63, 3.8) is 0 Å². The number of amides is 1. The van der Waals surface area contributed by atoms with Crippen LogP contribution >= 0.6 is 11.8 Å². The van der Waals surface area contributed by atoms with Gasteiger partial charge in [0.15, 0.2) is 0 Å². The van der Waals surface area contributed by atoms with Crippen molar-refractivity contribution in [2.75, 3.05) is 12.4 Å². The Morgan fingerprint density at radius 1 is 1.04 bits per heavy atom. The molecule has 2 aromatic carbocycles. The lowest BCUT2D eigenvalue weighted by molar-refractivity contribution is 0.0981. The number of sulfonamides is 1. The van der Waals surface area contributed by atoms with Crippen LogP contribution in [0.5, 0.6) is 5.75 Å². The predicted molar refractivity (Wildman–Crippen MR) is 101 cm³/mol. The Morgan fingerprint density at radius 3 is 2.24 bits per heavy atom. The van der Waals surface area contributed by atoms with Gasteiger partial charge in [0.25, 0.3) is 15.9 Å². The predicted octanol–water partition coefficient (Wildman–Crippen LogP) is 3.46. The van der Waals surface area contributed by atoms with Crippen molar-refractivity contribution >= 4 is 27.7 Å². The molecule has 0 atom stereocenters. The smallest absolute Gasteiger partial charge is 0.264 e. The molecule has 134 valence electrons. The first-order chi connectivity index (χ1) is 12.0. The van der Waals surface area contributed by atoms with Crippen LogP contribution in [0.25, 0.3) is 0 Å². The Labute approximate surface area is 152 Å². The number of hydrogen-bond donors (Lipinski definition) is 1. The number of carbonyl (C=O) groups excluding carboxylic acids is 1. The number of rotatable bonds is 8. The van der Waals surface area contributed by atoms with Gasteiger partial charge in [-0.05, 0) is 54.6 Å². The highest BCUT2D eigenvalue weighted by atomic mass is 32.2. The molecule has 0 aliphatic carbocycles. The Bertz CT molecular complexity index is 800. The standard InChI is InChI=1S/C18H21NO4S2/c1-3-23-16-9-11-17(12-10-16)25(21,22)19-18(20)15-7-5-14(6-8-15)13-24-4-2/h5-12H,3-4,13H2,1-2H3,(H,19,20). The van der Waals surface area contributed by atoms with E-state index in [1.165, 1.54) is 12.1 Å². The van der Waals surface area contributed by atoms with Crippen molar-refractivity contribution < 1.29 is 17.9 Å². The second-order valence-electron chi connectivity index (χ2n) is 5.17. The molecule has 0 fully saturated rings. The maximum absolute atomic E-state index is 12.3. The van der Waals surface area contributed by atoms with Crippen LogP contribution in [0.4, 0.5) is 0 Å². The Hall–Kier alpha value is -1.99. The molecular formula is C18H21NO4S2. The Kier molecular flexibility index (Phi) is 6.90. The SMILES string of the molecule is CCOc1ccc(S(=O)(=O)NC(=O)c2ccc(CSCC)cc2)cc1. The van der Waals surface area contributed by atoms with E-state index in [0.717, 1.165) is 17.1 Å². The van der Waals surface area contributed by atoms with Crippen LogP contribution in [0.3, 0.4) is 0 Å². The van der Waals surface area contributed by atoms with Crippen molar-refractivity contribution in [2.24, 2.45) is 0 Å². The summed E-state index contributed by atoms with van der Waals surface area (Å²) in [5.41, 5.74) is 1.40. The highest BCUT2D eigenvalue weighted by Gasteiger charge is 2.18. The molecule has 0 aliphatic rings. The zero-order valence-electron chi connectivity index (χ0n) is 14.2. The average molecular weight is 380 g/mol. The van der Waals surface area contributed by atoms with Gasteiger partial charge in [-0.2, -0.15) is 11.8 Å². The molecule has 0 aromatic heterocycles. The van der Waals surface area contributed by atoms with Crippen molar-refractivity contribution in [1.29, 1.82) is 0 Å². The van der Waals surface area contributed by atoms with Crippen molar-refractivity contribution in [2.45, 2.75) is 24.5 Å². The van der Waals surface area contributed by atoms with Crippen LogP contribution in [0, 0.1) is 0 Å². The number of benzene rings is 2. The van der Waals surface area contributed by atoms with Crippen molar-refractivity contribution in [3.05, 3.63) is 59.7 Å². The van der Waals surface area contributed by atoms with E-state index in [1.807, 2.05) is 19.1 Å². The van der Waals surface area contributed by atoms with E-state index in [1.54, 1.807) is 36.0 Å². The number of hydrogen-bond acceptors (Lipinski definition) is 5. The molecule has 1 N–H and O–H groups in total. The first kappa shape index (κ1) is 19.3. The van der Waals surface area contributed by atoms with E-state index >= 15 is 0 Å². The molecule has 2 aromatic rings. The monoisotopic (exact) mass is 379 g/mol. The molecule has 0 spiro atoms. The van der Waals surface area contributed by atoms with Crippen LogP contribution in [-0.2, 0) is 15.8 Å². The topological polar surface area (TPSA) is 72.5 Å². The summed E-state index contributed by atoms with van der Waals surface area (Å²) in [6, 6.07) is 12.9. The van der Waals surface area contributed by atoms with Gasteiger partial charge in [0.05, 0.1) is 11.5 Å². The minimum atomic E-state index is -3.92. The fourth-order valence-corrected chi connectivity index (χ4v) is 3.70. The molecule has 0 heterocycles. The normalized spacial score (nSPS) is 11.1. The lowest BCUT2D eigenvalue weighted by atomic mass is 10.1. The van der Waals surface area contributed by atoms with E-state index in [0.29, 0.717) is 17.9 Å². The van der Waals surface area contributed by atoms with Crippen LogP contribution in [0.15, 0.2) is 53.4 Å². The molecular weight excluding hydrogens is 358 g/mol. The van der Waals surface area contributed by atoms with E-state index in [4.69, 9.17) is 4.74 Å². The third-order valence-corrected chi connectivity index (χ3v) is 5.65. The summed E-state index contributed by atoms with van der Waals surface area (Å²) < 4.78 is 32.0. The summed E-state index contributed by atoms with van der Waals surface area (Å²) in [5.74, 6) is 1.81. The first-order valence-electron chi connectivity index (χ1n) is 7.93. The quantitative estimate of drug-likeness (QED) is 0.760. The minimum absolute atomic E-state index is 0.0141. The summed E-state index contributed by atoms with van der Waals surface area (Å²) in [4.78, 5) is 12.2. The van der Waals surface area contributed by atoms with E-state index in [2.05, 4.69) is 11.6 Å². The van der Waals surface area contributed by atoms with Gasteiger partial charge in [-0.3, -0.25) is 4.79 Å². The van der Waals surface area contributed by atoms with Crippen LogP contribution < -0.4 is 9.46 Å². The van der Waals surface area contributed by atoms with Crippen molar-refractivity contribution in [1.82, 2.24) is 4.72 Å². The largest absolute Gasteiger partial charge is 0.494 e. The molecule has 0 unspecified atom stereocenters. The Morgan fingerprint density at radius 2 is 1.68 bits per heavy atom. The molecule has 0 bridgehead atoms. The zero-order chi connectivity index (χ0) is 18.3. The summed E-state index contributed by atoms with van der Waals surface area (Å²) >= 11 is 1.78. The van der Waals surface area contributed by atoms with Crippen LogP contribution in [0.2, 0.25) is 0 Å². The van der Waals surface area contributed by atoms with Gasteiger partial charge in [0.2, 0.25) is 0 Å². The molecule has 5 nitrogen and oxygen atoms in total. The Balaban J connectivity index is 2.07.